The molecule has 2 aromatic heterocycles. The summed E-state index contributed by atoms with van der Waals surface area (Å²) in [6, 6.07) is 3.23. The number of anilines is 1. The molecular formula is C10H8ClF3N6. The van der Waals surface area contributed by atoms with Gasteiger partial charge >= 0.3 is 6.18 Å². The predicted molar refractivity (Wildman–Crippen MR) is 63.1 cm³/mol. The van der Waals surface area contributed by atoms with Gasteiger partial charge in [-0.1, -0.05) is 11.6 Å². The van der Waals surface area contributed by atoms with Crippen LogP contribution >= 0.6 is 11.6 Å². The molecule has 0 amide bonds. The maximum Gasteiger partial charge on any atom is 0.451 e. The predicted octanol–water partition coefficient (Wildman–Crippen LogP) is 1.76. The van der Waals surface area contributed by atoms with Crippen molar-refractivity contribution in [2.45, 2.75) is 19.3 Å². The van der Waals surface area contributed by atoms with Crippen LogP contribution in [0.1, 0.15) is 11.6 Å². The van der Waals surface area contributed by atoms with Crippen LogP contribution in [-0.2, 0) is 19.3 Å². The van der Waals surface area contributed by atoms with Crippen molar-refractivity contribution in [1.29, 1.82) is 0 Å². The monoisotopic (exact) mass is 304 g/mol. The van der Waals surface area contributed by atoms with E-state index in [1.54, 1.807) is 17.0 Å². The highest BCUT2D eigenvalue weighted by atomic mass is 35.5. The van der Waals surface area contributed by atoms with Crippen LogP contribution in [0.15, 0.2) is 12.1 Å². The van der Waals surface area contributed by atoms with Gasteiger partial charge in [0.2, 0.25) is 5.82 Å². The Morgan fingerprint density at radius 1 is 1.05 bits per heavy atom. The summed E-state index contributed by atoms with van der Waals surface area (Å²) in [4.78, 5) is 1.77. The molecule has 0 N–H and O–H groups in total. The minimum absolute atomic E-state index is 0.140. The normalized spacial score (nSPS) is 15.3. The lowest BCUT2D eigenvalue weighted by Crippen LogP contribution is -2.35. The largest absolute Gasteiger partial charge is 0.451 e. The lowest BCUT2D eigenvalue weighted by molar-refractivity contribution is -0.147. The summed E-state index contributed by atoms with van der Waals surface area (Å²) in [5.74, 6) is -0.174. The van der Waals surface area contributed by atoms with Crippen molar-refractivity contribution >= 4 is 17.4 Å². The van der Waals surface area contributed by atoms with Gasteiger partial charge < -0.3 is 9.47 Å². The summed E-state index contributed by atoms with van der Waals surface area (Å²) < 4.78 is 39.2. The molecule has 20 heavy (non-hydrogen) atoms. The van der Waals surface area contributed by atoms with E-state index >= 15 is 0 Å². The van der Waals surface area contributed by atoms with Crippen molar-refractivity contribution < 1.29 is 13.2 Å². The number of hydrogen-bond acceptors (Lipinski definition) is 5. The third-order valence-corrected chi connectivity index (χ3v) is 3.15. The van der Waals surface area contributed by atoms with E-state index in [9.17, 15) is 13.2 Å². The minimum atomic E-state index is -4.49. The molecule has 0 unspecified atom stereocenters. The fourth-order valence-electron chi connectivity index (χ4n) is 2.04. The maximum atomic E-state index is 12.7. The summed E-state index contributed by atoms with van der Waals surface area (Å²) in [5.41, 5.74) is 0. The van der Waals surface area contributed by atoms with Crippen molar-refractivity contribution in [2.75, 3.05) is 11.4 Å². The van der Waals surface area contributed by atoms with Gasteiger partial charge in [0, 0.05) is 13.1 Å². The number of alkyl halides is 3. The van der Waals surface area contributed by atoms with E-state index in [-0.39, 0.29) is 24.1 Å². The van der Waals surface area contributed by atoms with Crippen LogP contribution in [-0.4, -0.2) is 31.5 Å². The molecule has 6 nitrogen and oxygen atoms in total. The molecule has 0 aromatic carbocycles. The SMILES string of the molecule is FC(F)(F)c1nnc2n1CCN(c1ccc(Cl)nn1)C2. The Hall–Kier alpha value is -1.90. The van der Waals surface area contributed by atoms with Crippen LogP contribution in [0.5, 0.6) is 0 Å². The Labute approximate surface area is 116 Å². The average molecular weight is 305 g/mol. The van der Waals surface area contributed by atoms with E-state index in [0.29, 0.717) is 12.4 Å². The third kappa shape index (κ3) is 2.28. The van der Waals surface area contributed by atoms with E-state index in [0.717, 1.165) is 4.57 Å². The average Bonchev–Trinajstić information content (AvgIpc) is 2.82. The van der Waals surface area contributed by atoms with Crippen molar-refractivity contribution in [3.63, 3.8) is 0 Å². The van der Waals surface area contributed by atoms with Crippen molar-refractivity contribution in [1.82, 2.24) is 25.0 Å². The molecule has 0 spiro atoms. The summed E-state index contributed by atoms with van der Waals surface area (Å²) >= 11 is 5.64. The van der Waals surface area contributed by atoms with Crippen molar-refractivity contribution in [3.8, 4) is 0 Å². The molecule has 2 aromatic rings. The first-order valence-electron chi connectivity index (χ1n) is 5.68. The zero-order chi connectivity index (χ0) is 14.3. The molecule has 1 aliphatic rings. The Balaban J connectivity index is 1.86. The van der Waals surface area contributed by atoms with Gasteiger partial charge in [-0.3, -0.25) is 0 Å². The molecule has 0 bridgehead atoms. The molecule has 0 atom stereocenters. The Bertz CT molecular complexity index is 623. The van der Waals surface area contributed by atoms with Crippen molar-refractivity contribution in [3.05, 3.63) is 28.9 Å². The van der Waals surface area contributed by atoms with Crippen molar-refractivity contribution in [2.24, 2.45) is 0 Å². The van der Waals surface area contributed by atoms with Gasteiger partial charge in [-0.2, -0.15) is 13.2 Å². The zero-order valence-electron chi connectivity index (χ0n) is 9.97. The Kier molecular flexibility index (Phi) is 3.00. The van der Waals surface area contributed by atoms with E-state index in [1.165, 1.54) is 0 Å². The Morgan fingerprint density at radius 2 is 1.85 bits per heavy atom. The highest BCUT2D eigenvalue weighted by Gasteiger charge is 2.39. The second-order valence-electron chi connectivity index (χ2n) is 4.23. The standard InChI is InChI=1S/C10H8ClF3N6/c11-6-1-2-7(16-15-6)19-3-4-20-8(5-19)17-18-9(20)10(12,13)14/h1-2H,3-5H2. The summed E-state index contributed by atoms with van der Waals surface area (Å²) in [6.07, 6.45) is -4.49. The number of aromatic nitrogens is 5. The molecule has 1 aliphatic heterocycles. The Morgan fingerprint density at radius 3 is 2.50 bits per heavy atom. The molecule has 0 fully saturated rings. The third-order valence-electron chi connectivity index (χ3n) is 2.95. The number of halogens is 4. The number of fused-ring (bicyclic) bond motifs is 1. The fourth-order valence-corrected chi connectivity index (χ4v) is 2.14. The minimum Gasteiger partial charge on any atom is -0.346 e. The topological polar surface area (TPSA) is 59.7 Å². The van der Waals surface area contributed by atoms with Gasteiger partial charge in [0.25, 0.3) is 0 Å². The number of rotatable bonds is 1. The summed E-state index contributed by atoms with van der Waals surface area (Å²) in [5, 5.41) is 14.7. The van der Waals surface area contributed by atoms with E-state index in [4.69, 9.17) is 11.6 Å². The van der Waals surface area contributed by atoms with Gasteiger partial charge in [-0.15, -0.1) is 20.4 Å². The van der Waals surface area contributed by atoms with Gasteiger partial charge in [0.05, 0.1) is 6.54 Å². The summed E-state index contributed by atoms with van der Waals surface area (Å²) in [6.45, 7) is 0.700. The second kappa shape index (κ2) is 4.58. The lowest BCUT2D eigenvalue weighted by atomic mass is 10.3. The quantitative estimate of drug-likeness (QED) is 0.803. The second-order valence-corrected chi connectivity index (χ2v) is 4.61. The summed E-state index contributed by atoms with van der Waals surface area (Å²) in [7, 11) is 0. The molecule has 0 saturated carbocycles. The highest BCUT2D eigenvalue weighted by molar-refractivity contribution is 6.29. The molecule has 3 rings (SSSR count). The van der Waals surface area contributed by atoms with Crippen LogP contribution < -0.4 is 4.90 Å². The smallest absolute Gasteiger partial charge is 0.346 e. The van der Waals surface area contributed by atoms with Gasteiger partial charge in [-0.25, -0.2) is 0 Å². The van der Waals surface area contributed by atoms with E-state index in [2.05, 4.69) is 20.4 Å². The number of hydrogen-bond donors (Lipinski definition) is 0. The molecule has 3 heterocycles. The molecular weight excluding hydrogens is 297 g/mol. The zero-order valence-corrected chi connectivity index (χ0v) is 10.7. The van der Waals surface area contributed by atoms with Crippen LogP contribution in [0, 0.1) is 0 Å². The van der Waals surface area contributed by atoms with Crippen LogP contribution in [0.2, 0.25) is 5.15 Å². The van der Waals surface area contributed by atoms with Crippen LogP contribution in [0.3, 0.4) is 0 Å². The van der Waals surface area contributed by atoms with Gasteiger partial charge in [0.15, 0.2) is 16.8 Å². The fraction of sp³-hybridized carbons (Fsp3) is 0.400. The highest BCUT2D eigenvalue weighted by Crippen LogP contribution is 2.30. The lowest BCUT2D eigenvalue weighted by Gasteiger charge is -2.28. The molecule has 106 valence electrons. The first kappa shape index (κ1) is 13.1. The van der Waals surface area contributed by atoms with Crippen LogP contribution in [0.25, 0.3) is 0 Å². The maximum absolute atomic E-state index is 12.7. The molecule has 0 aliphatic carbocycles. The molecule has 0 saturated heterocycles. The van der Waals surface area contributed by atoms with Crippen LogP contribution in [0.4, 0.5) is 19.0 Å². The van der Waals surface area contributed by atoms with Gasteiger partial charge in [0.1, 0.15) is 0 Å². The first-order chi connectivity index (χ1) is 9.45. The van der Waals surface area contributed by atoms with E-state index < -0.39 is 12.0 Å². The van der Waals surface area contributed by atoms with E-state index in [1.807, 2.05) is 0 Å². The van der Waals surface area contributed by atoms with Gasteiger partial charge in [-0.05, 0) is 12.1 Å². The molecule has 0 radical (unpaired) electrons. The molecule has 10 heteroatoms. The number of nitrogens with zero attached hydrogens (tertiary/aromatic N) is 6. The first-order valence-corrected chi connectivity index (χ1v) is 6.06.